The zero-order valence-corrected chi connectivity index (χ0v) is 20.0. The fourth-order valence-electron chi connectivity index (χ4n) is 3.72. The molecule has 1 aromatic carbocycles. The van der Waals surface area contributed by atoms with E-state index in [4.69, 9.17) is 14.2 Å². The summed E-state index contributed by atoms with van der Waals surface area (Å²) >= 11 is 1.45. The Kier molecular flexibility index (Phi) is 7.71. The number of benzene rings is 1. The van der Waals surface area contributed by atoms with Crippen LogP contribution in [0.2, 0.25) is 0 Å². The van der Waals surface area contributed by atoms with Crippen molar-refractivity contribution in [1.29, 1.82) is 0 Å². The van der Waals surface area contributed by atoms with Crippen LogP contribution in [-0.2, 0) is 16.0 Å². The van der Waals surface area contributed by atoms with Crippen LogP contribution in [0.3, 0.4) is 0 Å². The van der Waals surface area contributed by atoms with Crippen LogP contribution in [0.1, 0.15) is 16.1 Å². The first-order valence-electron chi connectivity index (χ1n) is 10.8. The maximum Gasteiger partial charge on any atom is 0.257 e. The summed E-state index contributed by atoms with van der Waals surface area (Å²) in [6, 6.07) is 7.49. The number of methoxy groups -OCH3 is 2. The number of thiazole rings is 1. The highest BCUT2D eigenvalue weighted by molar-refractivity contribution is 7.23. The monoisotopic (exact) mass is 471 g/mol. The average Bonchev–Trinajstić information content (AvgIpc) is 3.26. The minimum atomic E-state index is -0.218. The molecule has 3 heterocycles. The number of aromatic nitrogens is 2. The van der Waals surface area contributed by atoms with E-state index in [9.17, 15) is 4.79 Å². The molecule has 33 heavy (non-hydrogen) atoms. The molecule has 9 nitrogen and oxygen atoms in total. The highest BCUT2D eigenvalue weighted by Crippen LogP contribution is 2.39. The van der Waals surface area contributed by atoms with Gasteiger partial charge in [-0.15, -0.1) is 0 Å². The molecule has 0 saturated carbocycles. The van der Waals surface area contributed by atoms with E-state index in [0.717, 1.165) is 41.2 Å². The van der Waals surface area contributed by atoms with Gasteiger partial charge in [-0.3, -0.25) is 20.0 Å². The number of nitrogens with one attached hydrogen (secondary N) is 1. The summed E-state index contributed by atoms with van der Waals surface area (Å²) in [5.41, 5.74) is 3.19. The van der Waals surface area contributed by atoms with Gasteiger partial charge in [0.15, 0.2) is 5.13 Å². The number of morpholine rings is 1. The number of hydrogen-bond acceptors (Lipinski definition) is 9. The van der Waals surface area contributed by atoms with Crippen molar-refractivity contribution in [2.75, 3.05) is 70.9 Å². The quantitative estimate of drug-likeness (QED) is 0.510. The van der Waals surface area contributed by atoms with Crippen molar-refractivity contribution < 1.29 is 19.0 Å². The molecular weight excluding hydrogens is 442 g/mol. The Morgan fingerprint density at radius 2 is 2.09 bits per heavy atom. The lowest BCUT2D eigenvalue weighted by Gasteiger charge is -2.29. The standard InChI is InChI=1S/C23H29N5O4S/c1-27(8-11-30-2)15-17-14-16(6-7-24-17)22(29)26-23-25-20-19(31-3)5-4-18(21(20)33-23)28-9-12-32-13-10-28/h4-7,14H,8-13,15H2,1-3H3,(H,25,26,29). The van der Waals surface area contributed by atoms with E-state index in [1.807, 2.05) is 25.2 Å². The second kappa shape index (κ2) is 10.9. The lowest BCUT2D eigenvalue weighted by Crippen LogP contribution is -2.36. The Labute approximate surface area is 197 Å². The van der Waals surface area contributed by atoms with Crippen LogP contribution in [0.5, 0.6) is 5.75 Å². The predicted octanol–water partition coefficient (Wildman–Crippen LogP) is 2.87. The number of anilines is 2. The molecule has 0 bridgehead atoms. The molecule has 10 heteroatoms. The first-order chi connectivity index (χ1) is 16.1. The minimum Gasteiger partial charge on any atom is -0.494 e. The van der Waals surface area contributed by atoms with Crippen LogP contribution in [0.25, 0.3) is 10.2 Å². The molecule has 176 valence electrons. The van der Waals surface area contributed by atoms with Gasteiger partial charge in [0, 0.05) is 45.0 Å². The smallest absolute Gasteiger partial charge is 0.257 e. The molecule has 1 aliphatic heterocycles. The number of hydrogen-bond donors (Lipinski definition) is 1. The van der Waals surface area contributed by atoms with E-state index in [1.54, 1.807) is 26.5 Å². The van der Waals surface area contributed by atoms with Crippen LogP contribution < -0.4 is 15.0 Å². The summed E-state index contributed by atoms with van der Waals surface area (Å²) in [6.07, 6.45) is 1.66. The number of carbonyl (C=O) groups excluding carboxylic acids is 1. The number of nitrogens with zero attached hydrogens (tertiary/aromatic N) is 4. The minimum absolute atomic E-state index is 0.218. The van der Waals surface area contributed by atoms with E-state index in [0.29, 0.717) is 42.8 Å². The number of likely N-dealkylation sites (N-methyl/N-ethyl adjacent to an activating group) is 1. The normalized spacial score (nSPS) is 14.1. The first-order valence-corrected chi connectivity index (χ1v) is 11.6. The van der Waals surface area contributed by atoms with Crippen molar-refractivity contribution >= 4 is 38.3 Å². The Hall–Kier alpha value is -2.79. The van der Waals surface area contributed by atoms with Gasteiger partial charge >= 0.3 is 0 Å². The van der Waals surface area contributed by atoms with E-state index in [2.05, 4.69) is 25.1 Å². The average molecular weight is 472 g/mol. The summed E-state index contributed by atoms with van der Waals surface area (Å²) in [6.45, 7) is 5.09. The van der Waals surface area contributed by atoms with Gasteiger partial charge in [-0.25, -0.2) is 4.98 Å². The molecule has 1 N–H and O–H groups in total. The summed E-state index contributed by atoms with van der Waals surface area (Å²) in [4.78, 5) is 26.4. The maximum atomic E-state index is 13.0. The van der Waals surface area contributed by atoms with Crippen molar-refractivity contribution in [3.8, 4) is 5.75 Å². The van der Waals surface area contributed by atoms with Gasteiger partial charge in [0.25, 0.3) is 5.91 Å². The Balaban J connectivity index is 1.54. The molecule has 0 spiro atoms. The zero-order chi connectivity index (χ0) is 23.2. The fourth-order valence-corrected chi connectivity index (χ4v) is 4.74. The third-order valence-electron chi connectivity index (χ3n) is 5.47. The molecule has 2 aromatic heterocycles. The van der Waals surface area contributed by atoms with Crippen LogP contribution in [0.15, 0.2) is 30.5 Å². The summed E-state index contributed by atoms with van der Waals surface area (Å²) in [5, 5.41) is 3.48. The van der Waals surface area contributed by atoms with Crippen molar-refractivity contribution in [3.63, 3.8) is 0 Å². The van der Waals surface area contributed by atoms with E-state index >= 15 is 0 Å². The molecule has 0 aliphatic carbocycles. The maximum absolute atomic E-state index is 13.0. The van der Waals surface area contributed by atoms with Gasteiger partial charge in [-0.1, -0.05) is 11.3 Å². The second-order valence-electron chi connectivity index (χ2n) is 7.80. The molecule has 4 rings (SSSR count). The molecule has 1 fully saturated rings. The first kappa shape index (κ1) is 23.4. The van der Waals surface area contributed by atoms with Gasteiger partial charge in [0.1, 0.15) is 11.3 Å². The lowest BCUT2D eigenvalue weighted by molar-refractivity contribution is 0.102. The van der Waals surface area contributed by atoms with Crippen LogP contribution in [0.4, 0.5) is 10.8 Å². The SMILES string of the molecule is COCCN(C)Cc1cc(C(=O)Nc2nc3c(OC)ccc(N4CCOCC4)c3s2)ccn1. The van der Waals surface area contributed by atoms with Crippen molar-refractivity contribution in [3.05, 3.63) is 41.7 Å². The van der Waals surface area contributed by atoms with Gasteiger partial charge in [0.2, 0.25) is 0 Å². The number of amides is 1. The van der Waals surface area contributed by atoms with Gasteiger partial charge in [-0.05, 0) is 31.3 Å². The molecule has 0 atom stereocenters. The molecule has 3 aromatic rings. The van der Waals surface area contributed by atoms with Crippen molar-refractivity contribution in [2.45, 2.75) is 6.54 Å². The Bertz CT molecular complexity index is 1100. The number of fused-ring (bicyclic) bond motifs is 1. The third kappa shape index (κ3) is 5.59. The molecule has 1 saturated heterocycles. The number of pyridine rings is 1. The molecular formula is C23H29N5O4S. The molecule has 0 radical (unpaired) electrons. The van der Waals surface area contributed by atoms with Gasteiger partial charge in [-0.2, -0.15) is 0 Å². The number of rotatable bonds is 9. The lowest BCUT2D eigenvalue weighted by atomic mass is 10.2. The largest absolute Gasteiger partial charge is 0.494 e. The van der Waals surface area contributed by atoms with Crippen LogP contribution >= 0.6 is 11.3 Å². The van der Waals surface area contributed by atoms with E-state index < -0.39 is 0 Å². The second-order valence-corrected chi connectivity index (χ2v) is 8.80. The Morgan fingerprint density at radius 1 is 1.27 bits per heavy atom. The third-order valence-corrected chi connectivity index (χ3v) is 6.46. The summed E-state index contributed by atoms with van der Waals surface area (Å²) < 4.78 is 17.1. The van der Waals surface area contributed by atoms with Crippen LogP contribution in [0, 0.1) is 0 Å². The summed E-state index contributed by atoms with van der Waals surface area (Å²) in [7, 11) is 5.30. The topological polar surface area (TPSA) is 89.0 Å². The molecule has 0 unspecified atom stereocenters. The van der Waals surface area contributed by atoms with Crippen LogP contribution in [-0.4, -0.2) is 81.5 Å². The highest BCUT2D eigenvalue weighted by Gasteiger charge is 2.20. The number of carbonyl (C=O) groups is 1. The molecule has 1 amide bonds. The van der Waals surface area contributed by atoms with Gasteiger partial charge < -0.3 is 19.1 Å². The summed E-state index contributed by atoms with van der Waals surface area (Å²) in [5.74, 6) is 0.466. The zero-order valence-electron chi connectivity index (χ0n) is 19.2. The Morgan fingerprint density at radius 3 is 2.85 bits per heavy atom. The van der Waals surface area contributed by atoms with Gasteiger partial charge in [0.05, 0.1) is 43.0 Å². The van der Waals surface area contributed by atoms with E-state index in [-0.39, 0.29) is 5.91 Å². The van der Waals surface area contributed by atoms with E-state index in [1.165, 1.54) is 11.3 Å². The number of ether oxygens (including phenoxy) is 3. The highest BCUT2D eigenvalue weighted by atomic mass is 32.1. The van der Waals surface area contributed by atoms with Crippen molar-refractivity contribution in [2.24, 2.45) is 0 Å². The molecule has 1 aliphatic rings. The predicted molar refractivity (Wildman–Crippen MR) is 130 cm³/mol. The fraction of sp³-hybridized carbons (Fsp3) is 0.435. The van der Waals surface area contributed by atoms with Crippen molar-refractivity contribution in [1.82, 2.24) is 14.9 Å².